The summed E-state index contributed by atoms with van der Waals surface area (Å²) in [5.74, 6) is 0.216. The number of nitrogens with one attached hydrogen (secondary N) is 4. The number of hydrogen-bond acceptors (Lipinski definition) is 6. The molecule has 3 heterocycles. The molecular formula is C26H25N7O2. The maximum absolute atomic E-state index is 12.8. The topological polar surface area (TPSA) is 121 Å². The first-order chi connectivity index (χ1) is 17.1. The molecule has 9 heteroatoms. The van der Waals surface area contributed by atoms with Gasteiger partial charge in [-0.1, -0.05) is 18.2 Å². The number of hydrogen-bond donors (Lipinski definition) is 4. The van der Waals surface area contributed by atoms with E-state index in [0.29, 0.717) is 41.5 Å². The average Bonchev–Trinajstić information content (AvgIpc) is 2.89. The number of urea groups is 1. The van der Waals surface area contributed by atoms with Crippen molar-refractivity contribution in [1.82, 2.24) is 20.3 Å². The second-order valence-corrected chi connectivity index (χ2v) is 7.57. The second-order valence-electron chi connectivity index (χ2n) is 7.57. The molecule has 1 aromatic carbocycles. The van der Waals surface area contributed by atoms with Gasteiger partial charge in [-0.15, -0.1) is 0 Å². The Kier molecular flexibility index (Phi) is 7.59. The van der Waals surface area contributed by atoms with E-state index in [2.05, 4.69) is 36.2 Å². The molecule has 0 aliphatic rings. The predicted octanol–water partition coefficient (Wildman–Crippen LogP) is 4.54. The van der Waals surface area contributed by atoms with Gasteiger partial charge in [-0.2, -0.15) is 0 Å². The maximum Gasteiger partial charge on any atom is 0.319 e. The Morgan fingerprint density at radius 1 is 0.829 bits per heavy atom. The number of pyridine rings is 3. The van der Waals surface area contributed by atoms with Crippen LogP contribution in [0.4, 0.5) is 22.0 Å². The molecule has 35 heavy (non-hydrogen) atoms. The van der Waals surface area contributed by atoms with Gasteiger partial charge in [-0.05, 0) is 55.0 Å². The number of rotatable bonds is 8. The molecule has 0 spiro atoms. The van der Waals surface area contributed by atoms with Crippen molar-refractivity contribution in [2.75, 3.05) is 22.5 Å². The molecule has 9 nitrogen and oxygen atoms in total. The molecule has 0 fully saturated rings. The van der Waals surface area contributed by atoms with E-state index in [1.165, 1.54) is 0 Å². The standard InChI is InChI=1S/C26H25N7O2/c1-2-29-24-22(25(34)31-21-6-4-14-28-17-21)11-12-23(33-24)19-7-9-20(10-8-19)32-26(35)30-16-18-5-3-13-27-15-18/h3-15,17H,2,16H2,1H3,(H,29,33)(H,31,34)(H2,30,32,35). The highest BCUT2D eigenvalue weighted by atomic mass is 16.2. The first-order valence-corrected chi connectivity index (χ1v) is 11.1. The molecule has 4 aromatic rings. The fraction of sp³-hybridized carbons (Fsp3) is 0.115. The van der Waals surface area contributed by atoms with Gasteiger partial charge in [0.15, 0.2) is 0 Å². The van der Waals surface area contributed by atoms with Crippen molar-refractivity contribution in [2.45, 2.75) is 13.5 Å². The van der Waals surface area contributed by atoms with Gasteiger partial charge in [0.05, 0.1) is 23.1 Å². The number of carbonyl (C=O) groups excluding carboxylic acids is 2. The van der Waals surface area contributed by atoms with Crippen molar-refractivity contribution in [3.63, 3.8) is 0 Å². The molecule has 3 amide bonds. The molecule has 0 saturated carbocycles. The van der Waals surface area contributed by atoms with Crippen LogP contribution in [0, 0.1) is 0 Å². The Balaban J connectivity index is 1.43. The lowest BCUT2D eigenvalue weighted by atomic mass is 10.1. The number of carbonyl (C=O) groups is 2. The van der Waals surface area contributed by atoms with Gasteiger partial charge in [0, 0.05) is 42.9 Å². The van der Waals surface area contributed by atoms with E-state index >= 15 is 0 Å². The lowest BCUT2D eigenvalue weighted by molar-refractivity contribution is 0.102. The van der Waals surface area contributed by atoms with Crippen LogP contribution in [-0.4, -0.2) is 33.4 Å². The van der Waals surface area contributed by atoms with Crippen LogP contribution in [0.5, 0.6) is 0 Å². The molecule has 3 aromatic heterocycles. The largest absolute Gasteiger partial charge is 0.370 e. The summed E-state index contributed by atoms with van der Waals surface area (Å²) in [5.41, 5.74) is 4.16. The molecule has 4 N–H and O–H groups in total. The van der Waals surface area contributed by atoms with Crippen molar-refractivity contribution in [3.8, 4) is 11.3 Å². The molecule has 4 rings (SSSR count). The highest BCUT2D eigenvalue weighted by molar-refractivity contribution is 6.07. The molecule has 0 bridgehead atoms. The van der Waals surface area contributed by atoms with E-state index in [1.807, 2.05) is 31.2 Å². The Bertz CT molecular complexity index is 1280. The molecule has 176 valence electrons. The number of benzene rings is 1. The average molecular weight is 468 g/mol. The van der Waals surface area contributed by atoms with E-state index in [4.69, 9.17) is 0 Å². The Morgan fingerprint density at radius 2 is 1.60 bits per heavy atom. The van der Waals surface area contributed by atoms with Crippen molar-refractivity contribution in [1.29, 1.82) is 0 Å². The quantitative estimate of drug-likeness (QED) is 0.302. The third-order valence-corrected chi connectivity index (χ3v) is 5.02. The summed E-state index contributed by atoms with van der Waals surface area (Å²) in [6, 6.07) is 17.8. The Morgan fingerprint density at radius 3 is 2.29 bits per heavy atom. The number of aromatic nitrogens is 3. The van der Waals surface area contributed by atoms with Crippen molar-refractivity contribution in [2.24, 2.45) is 0 Å². The molecule has 0 aliphatic carbocycles. The fourth-order valence-electron chi connectivity index (χ4n) is 3.33. The van der Waals surface area contributed by atoms with Crippen molar-refractivity contribution >= 4 is 29.1 Å². The zero-order chi connectivity index (χ0) is 24.5. The molecule has 0 atom stereocenters. The minimum atomic E-state index is -0.307. The first-order valence-electron chi connectivity index (χ1n) is 11.1. The predicted molar refractivity (Wildman–Crippen MR) is 136 cm³/mol. The lowest BCUT2D eigenvalue weighted by Gasteiger charge is -2.13. The van der Waals surface area contributed by atoms with Crippen LogP contribution in [0.3, 0.4) is 0 Å². The molecule has 0 aliphatic heterocycles. The summed E-state index contributed by atoms with van der Waals surface area (Å²) >= 11 is 0. The van der Waals surface area contributed by atoms with Crippen LogP contribution >= 0.6 is 0 Å². The SMILES string of the molecule is CCNc1nc(-c2ccc(NC(=O)NCc3cccnc3)cc2)ccc1C(=O)Nc1cccnc1. The normalized spacial score (nSPS) is 10.3. The zero-order valence-electron chi connectivity index (χ0n) is 19.2. The van der Waals surface area contributed by atoms with E-state index < -0.39 is 0 Å². The fourth-order valence-corrected chi connectivity index (χ4v) is 3.33. The molecule has 0 unspecified atom stereocenters. The highest BCUT2D eigenvalue weighted by Crippen LogP contribution is 2.24. The zero-order valence-corrected chi connectivity index (χ0v) is 19.2. The minimum absolute atomic E-state index is 0.273. The number of nitrogens with zero attached hydrogens (tertiary/aromatic N) is 3. The third kappa shape index (κ3) is 6.38. The third-order valence-electron chi connectivity index (χ3n) is 5.02. The summed E-state index contributed by atoms with van der Waals surface area (Å²) in [6.07, 6.45) is 6.62. The lowest BCUT2D eigenvalue weighted by Crippen LogP contribution is -2.28. The second kappa shape index (κ2) is 11.4. The van der Waals surface area contributed by atoms with Crippen LogP contribution in [0.25, 0.3) is 11.3 Å². The van der Waals surface area contributed by atoms with E-state index in [1.54, 1.807) is 61.2 Å². The van der Waals surface area contributed by atoms with Crippen LogP contribution in [0.15, 0.2) is 85.5 Å². The summed E-state index contributed by atoms with van der Waals surface area (Å²) in [6.45, 7) is 2.94. The van der Waals surface area contributed by atoms with Gasteiger partial charge in [-0.3, -0.25) is 14.8 Å². The minimum Gasteiger partial charge on any atom is -0.370 e. The van der Waals surface area contributed by atoms with Gasteiger partial charge >= 0.3 is 6.03 Å². The first kappa shape index (κ1) is 23.4. The Labute approximate surface area is 203 Å². The van der Waals surface area contributed by atoms with E-state index in [-0.39, 0.29) is 11.9 Å². The summed E-state index contributed by atoms with van der Waals surface area (Å²) < 4.78 is 0. The summed E-state index contributed by atoms with van der Waals surface area (Å²) in [4.78, 5) is 37.7. The van der Waals surface area contributed by atoms with Crippen LogP contribution in [0.1, 0.15) is 22.8 Å². The van der Waals surface area contributed by atoms with Crippen molar-refractivity contribution in [3.05, 3.63) is 96.6 Å². The number of amides is 3. The van der Waals surface area contributed by atoms with Crippen molar-refractivity contribution < 1.29 is 9.59 Å². The van der Waals surface area contributed by atoms with E-state index in [9.17, 15) is 9.59 Å². The van der Waals surface area contributed by atoms with Gasteiger partial charge in [0.1, 0.15) is 5.82 Å². The van der Waals surface area contributed by atoms with Gasteiger partial charge in [0.25, 0.3) is 5.91 Å². The smallest absolute Gasteiger partial charge is 0.319 e. The molecule has 0 saturated heterocycles. The molecule has 0 radical (unpaired) electrons. The van der Waals surface area contributed by atoms with E-state index in [0.717, 1.165) is 11.1 Å². The van der Waals surface area contributed by atoms with Crippen LogP contribution < -0.4 is 21.3 Å². The Hall–Kier alpha value is -4.79. The van der Waals surface area contributed by atoms with Crippen LogP contribution in [0.2, 0.25) is 0 Å². The molecular weight excluding hydrogens is 442 g/mol. The van der Waals surface area contributed by atoms with Crippen LogP contribution in [-0.2, 0) is 6.54 Å². The van der Waals surface area contributed by atoms with Gasteiger partial charge in [-0.25, -0.2) is 9.78 Å². The highest BCUT2D eigenvalue weighted by Gasteiger charge is 2.15. The summed E-state index contributed by atoms with van der Waals surface area (Å²) in [7, 11) is 0. The summed E-state index contributed by atoms with van der Waals surface area (Å²) in [5, 5.41) is 11.6. The van der Waals surface area contributed by atoms with Gasteiger partial charge in [0.2, 0.25) is 0 Å². The maximum atomic E-state index is 12.8. The van der Waals surface area contributed by atoms with Gasteiger partial charge < -0.3 is 21.3 Å². The number of anilines is 3. The monoisotopic (exact) mass is 467 g/mol.